The third kappa shape index (κ3) is 2.63. The van der Waals surface area contributed by atoms with E-state index < -0.39 is 0 Å². The maximum atomic E-state index is 12.7. The Bertz CT molecular complexity index is 1080. The van der Waals surface area contributed by atoms with Crippen LogP contribution in [0.5, 0.6) is 0 Å². The van der Waals surface area contributed by atoms with Gasteiger partial charge < -0.3 is 5.32 Å². The van der Waals surface area contributed by atoms with E-state index in [1.807, 2.05) is 16.1 Å². The molecule has 0 saturated carbocycles. The highest BCUT2D eigenvalue weighted by Crippen LogP contribution is 2.41. The molecule has 2 aromatic heterocycles. The van der Waals surface area contributed by atoms with Crippen LogP contribution >= 0.6 is 11.3 Å². The number of hydrogen-bond donors (Lipinski definition) is 1. The van der Waals surface area contributed by atoms with Crippen LogP contribution in [0.4, 0.5) is 5.95 Å². The van der Waals surface area contributed by atoms with E-state index in [9.17, 15) is 4.79 Å². The summed E-state index contributed by atoms with van der Waals surface area (Å²) in [6.07, 6.45) is 2.38. The van der Waals surface area contributed by atoms with Gasteiger partial charge in [-0.05, 0) is 55.3 Å². The van der Waals surface area contributed by atoms with Crippen LogP contribution in [0.3, 0.4) is 0 Å². The Morgan fingerprint density at radius 1 is 1.19 bits per heavy atom. The van der Waals surface area contributed by atoms with Crippen molar-refractivity contribution in [2.75, 3.05) is 5.32 Å². The first-order valence-electron chi connectivity index (χ1n) is 9.22. The number of thiophene rings is 1. The Morgan fingerprint density at radius 3 is 2.85 bits per heavy atom. The molecule has 2 aliphatic rings. The summed E-state index contributed by atoms with van der Waals surface area (Å²) in [6.45, 7) is 4.20. The molecule has 136 valence electrons. The van der Waals surface area contributed by atoms with Crippen molar-refractivity contribution < 1.29 is 4.79 Å². The van der Waals surface area contributed by atoms with Gasteiger partial charge in [-0.2, -0.15) is 4.98 Å². The quantitative estimate of drug-likeness (QED) is 0.707. The number of carbonyl (C=O) groups is 1. The van der Waals surface area contributed by atoms with Crippen molar-refractivity contribution in [2.45, 2.75) is 39.2 Å². The molecule has 0 saturated heterocycles. The van der Waals surface area contributed by atoms with Crippen LogP contribution in [-0.2, 0) is 4.79 Å². The SMILES string of the molecule is Cc1ccc(-c2nc3n(n2)C(c2cccs2)C2=C(CCCC2=O)N3)cc1C. The van der Waals surface area contributed by atoms with Crippen molar-refractivity contribution in [2.24, 2.45) is 0 Å². The third-order valence-corrected chi connectivity index (χ3v) is 6.37. The zero-order chi connectivity index (χ0) is 18.5. The minimum Gasteiger partial charge on any atom is -0.328 e. The Kier molecular flexibility index (Phi) is 3.75. The highest BCUT2D eigenvalue weighted by Gasteiger charge is 2.37. The second-order valence-corrected chi connectivity index (χ2v) is 8.19. The molecule has 1 unspecified atom stereocenters. The number of Topliss-reactive ketones (excluding diaryl/α,β-unsaturated/α-hetero) is 1. The minimum absolute atomic E-state index is 0.183. The number of nitrogens with one attached hydrogen (secondary N) is 1. The first kappa shape index (κ1) is 16.4. The normalized spacial score (nSPS) is 18.9. The largest absolute Gasteiger partial charge is 0.328 e. The number of aryl methyl sites for hydroxylation is 2. The average Bonchev–Trinajstić information content (AvgIpc) is 3.32. The summed E-state index contributed by atoms with van der Waals surface area (Å²) >= 11 is 1.66. The fourth-order valence-electron chi connectivity index (χ4n) is 3.87. The summed E-state index contributed by atoms with van der Waals surface area (Å²) in [5.74, 6) is 1.63. The number of ketones is 1. The molecular formula is C21H20N4OS. The maximum Gasteiger partial charge on any atom is 0.226 e. The molecule has 5 rings (SSSR count). The third-order valence-electron chi connectivity index (χ3n) is 5.45. The molecular weight excluding hydrogens is 356 g/mol. The molecule has 0 spiro atoms. The second kappa shape index (κ2) is 6.16. The van der Waals surface area contributed by atoms with Gasteiger partial charge >= 0.3 is 0 Å². The van der Waals surface area contributed by atoms with Crippen molar-refractivity contribution in [1.82, 2.24) is 14.8 Å². The first-order valence-corrected chi connectivity index (χ1v) is 10.1. The van der Waals surface area contributed by atoms with E-state index in [1.165, 1.54) is 11.1 Å². The zero-order valence-corrected chi connectivity index (χ0v) is 16.1. The summed E-state index contributed by atoms with van der Waals surface area (Å²) in [7, 11) is 0. The lowest BCUT2D eigenvalue weighted by molar-refractivity contribution is -0.116. The van der Waals surface area contributed by atoms with Gasteiger partial charge in [-0.15, -0.1) is 16.4 Å². The van der Waals surface area contributed by atoms with E-state index in [4.69, 9.17) is 10.1 Å². The number of benzene rings is 1. The number of anilines is 1. The standard InChI is InChI=1S/C21H20N4OS/c1-12-8-9-14(11-13(12)2)20-23-21-22-15-5-3-6-16(26)18(15)19(25(21)24-20)17-7-4-10-27-17/h4,7-11,19H,3,5-6H2,1-2H3,(H,22,23,24). The topological polar surface area (TPSA) is 59.8 Å². The fourth-order valence-corrected chi connectivity index (χ4v) is 4.69. The number of carbonyl (C=O) groups excluding carboxylic acids is 1. The van der Waals surface area contributed by atoms with Gasteiger partial charge in [0.2, 0.25) is 5.95 Å². The smallest absolute Gasteiger partial charge is 0.226 e. The van der Waals surface area contributed by atoms with Crippen LogP contribution in [0.15, 0.2) is 47.0 Å². The molecule has 1 atom stereocenters. The predicted molar refractivity (Wildman–Crippen MR) is 107 cm³/mol. The molecule has 0 bridgehead atoms. The molecule has 27 heavy (non-hydrogen) atoms. The van der Waals surface area contributed by atoms with E-state index in [0.29, 0.717) is 12.2 Å². The van der Waals surface area contributed by atoms with Crippen molar-refractivity contribution in [3.8, 4) is 11.4 Å². The molecule has 1 N–H and O–H groups in total. The lowest BCUT2D eigenvalue weighted by Gasteiger charge is -2.31. The van der Waals surface area contributed by atoms with Gasteiger partial charge in [0.25, 0.3) is 0 Å². The van der Waals surface area contributed by atoms with E-state index in [0.717, 1.165) is 40.5 Å². The number of nitrogens with zero attached hydrogens (tertiary/aromatic N) is 3. The minimum atomic E-state index is -0.183. The molecule has 0 fully saturated rings. The summed E-state index contributed by atoms with van der Waals surface area (Å²) in [5, 5.41) is 10.3. The molecule has 3 aromatic rings. The van der Waals surface area contributed by atoms with Crippen molar-refractivity contribution in [3.63, 3.8) is 0 Å². The van der Waals surface area contributed by atoms with Crippen molar-refractivity contribution in [3.05, 3.63) is 63.0 Å². The van der Waals surface area contributed by atoms with Crippen LogP contribution in [0.2, 0.25) is 0 Å². The molecule has 1 aliphatic heterocycles. The Labute approximate surface area is 161 Å². The van der Waals surface area contributed by atoms with Gasteiger partial charge in [0.05, 0.1) is 0 Å². The lowest BCUT2D eigenvalue weighted by Crippen LogP contribution is -2.31. The Balaban J connectivity index is 1.66. The number of allylic oxidation sites excluding steroid dienone is 2. The fraction of sp³-hybridized carbons (Fsp3) is 0.286. The number of aromatic nitrogens is 3. The van der Waals surface area contributed by atoms with Gasteiger partial charge in [0.15, 0.2) is 11.6 Å². The van der Waals surface area contributed by atoms with Crippen molar-refractivity contribution >= 4 is 23.1 Å². The second-order valence-electron chi connectivity index (χ2n) is 7.21. The van der Waals surface area contributed by atoms with Crippen molar-refractivity contribution in [1.29, 1.82) is 0 Å². The summed E-state index contributed by atoms with van der Waals surface area (Å²) in [5.41, 5.74) is 5.33. The summed E-state index contributed by atoms with van der Waals surface area (Å²) in [6, 6.07) is 10.2. The van der Waals surface area contributed by atoms with Gasteiger partial charge in [-0.3, -0.25) is 4.79 Å². The highest BCUT2D eigenvalue weighted by molar-refractivity contribution is 7.10. The molecule has 0 amide bonds. The Hall–Kier alpha value is -2.73. The van der Waals surface area contributed by atoms with E-state index in [-0.39, 0.29) is 11.8 Å². The van der Waals surface area contributed by atoms with Crippen LogP contribution in [-0.4, -0.2) is 20.5 Å². The molecule has 5 nitrogen and oxygen atoms in total. The highest BCUT2D eigenvalue weighted by atomic mass is 32.1. The molecule has 1 aliphatic carbocycles. The number of rotatable bonds is 2. The monoisotopic (exact) mass is 376 g/mol. The van der Waals surface area contributed by atoms with Crippen LogP contribution in [0, 0.1) is 13.8 Å². The summed E-state index contributed by atoms with van der Waals surface area (Å²) < 4.78 is 1.89. The molecule has 3 heterocycles. The van der Waals surface area contributed by atoms with E-state index in [1.54, 1.807) is 11.3 Å². The first-order chi connectivity index (χ1) is 13.1. The summed E-state index contributed by atoms with van der Waals surface area (Å²) in [4.78, 5) is 18.6. The van der Waals surface area contributed by atoms with E-state index >= 15 is 0 Å². The van der Waals surface area contributed by atoms with Crippen LogP contribution in [0.1, 0.15) is 41.3 Å². The number of fused-ring (bicyclic) bond motifs is 1. The molecule has 6 heteroatoms. The zero-order valence-electron chi connectivity index (χ0n) is 15.3. The van der Waals surface area contributed by atoms with Crippen LogP contribution < -0.4 is 5.32 Å². The van der Waals surface area contributed by atoms with Gasteiger partial charge in [0.1, 0.15) is 6.04 Å². The van der Waals surface area contributed by atoms with Gasteiger partial charge in [0, 0.05) is 28.1 Å². The molecule has 1 aromatic carbocycles. The number of hydrogen-bond acceptors (Lipinski definition) is 5. The maximum absolute atomic E-state index is 12.7. The average molecular weight is 376 g/mol. The Morgan fingerprint density at radius 2 is 2.07 bits per heavy atom. The predicted octanol–water partition coefficient (Wildman–Crippen LogP) is 4.65. The molecule has 0 radical (unpaired) electrons. The lowest BCUT2D eigenvalue weighted by atomic mass is 9.88. The van der Waals surface area contributed by atoms with Gasteiger partial charge in [-0.25, -0.2) is 4.68 Å². The van der Waals surface area contributed by atoms with E-state index in [2.05, 4.69) is 43.4 Å². The van der Waals surface area contributed by atoms with Crippen LogP contribution in [0.25, 0.3) is 11.4 Å². The van der Waals surface area contributed by atoms with Gasteiger partial charge in [-0.1, -0.05) is 18.2 Å².